The maximum atomic E-state index is 12.3. The Labute approximate surface area is 163 Å². The predicted molar refractivity (Wildman–Crippen MR) is 104 cm³/mol. The van der Waals surface area contributed by atoms with Gasteiger partial charge in [-0.25, -0.2) is 4.79 Å². The molecule has 0 bridgehead atoms. The summed E-state index contributed by atoms with van der Waals surface area (Å²) in [7, 11) is 0. The number of fused-ring (bicyclic) bond motifs is 1. The van der Waals surface area contributed by atoms with Gasteiger partial charge in [0.05, 0.1) is 18.4 Å². The molecule has 2 heterocycles. The van der Waals surface area contributed by atoms with Crippen molar-refractivity contribution in [2.45, 2.75) is 32.7 Å². The summed E-state index contributed by atoms with van der Waals surface area (Å²) in [5.41, 5.74) is 1.08. The Balaban J connectivity index is 1.51. The second kappa shape index (κ2) is 8.17. The second-order valence-corrected chi connectivity index (χ2v) is 8.38. The molecule has 6 nitrogen and oxygen atoms in total. The summed E-state index contributed by atoms with van der Waals surface area (Å²) in [6.45, 7) is 4.44. The maximum Gasteiger partial charge on any atom is 0.353 e. The molecular weight excluding hydrogens is 364 g/mol. The van der Waals surface area contributed by atoms with Crippen LogP contribution >= 0.6 is 11.8 Å². The standard InChI is InChI=1S/C20H24N2O4S/c1-12(2)17-14-11-15(18(20(25)26)22(14)19(17)24)27-9-8-21-16(23)10-13-6-4-3-5-7-13/h3-7,12,14,17H,8-11H2,1-2H3,(H,21,23)(H,25,26). The van der Waals surface area contributed by atoms with Crippen molar-refractivity contribution in [2.24, 2.45) is 11.8 Å². The van der Waals surface area contributed by atoms with E-state index < -0.39 is 5.97 Å². The van der Waals surface area contributed by atoms with E-state index in [-0.39, 0.29) is 35.4 Å². The van der Waals surface area contributed by atoms with E-state index in [1.54, 1.807) is 0 Å². The zero-order valence-electron chi connectivity index (χ0n) is 15.5. The van der Waals surface area contributed by atoms with Gasteiger partial charge in [0.25, 0.3) is 0 Å². The Morgan fingerprint density at radius 3 is 2.63 bits per heavy atom. The fraction of sp³-hybridized carbons (Fsp3) is 0.450. The molecular formula is C20H24N2O4S. The van der Waals surface area contributed by atoms with Crippen LogP contribution in [-0.2, 0) is 20.8 Å². The van der Waals surface area contributed by atoms with Crippen LogP contribution in [0.25, 0.3) is 0 Å². The van der Waals surface area contributed by atoms with E-state index in [1.165, 1.54) is 16.7 Å². The molecule has 0 saturated carbocycles. The average molecular weight is 388 g/mol. The van der Waals surface area contributed by atoms with Crippen molar-refractivity contribution in [3.05, 3.63) is 46.5 Å². The van der Waals surface area contributed by atoms with Gasteiger partial charge in [-0.3, -0.25) is 9.59 Å². The van der Waals surface area contributed by atoms with Crippen molar-refractivity contribution < 1.29 is 19.5 Å². The van der Waals surface area contributed by atoms with Gasteiger partial charge in [-0.2, -0.15) is 0 Å². The van der Waals surface area contributed by atoms with Gasteiger partial charge < -0.3 is 15.3 Å². The van der Waals surface area contributed by atoms with Crippen molar-refractivity contribution in [1.29, 1.82) is 0 Å². The lowest BCUT2D eigenvalue weighted by atomic mass is 9.79. The first-order chi connectivity index (χ1) is 12.9. The first-order valence-corrected chi connectivity index (χ1v) is 10.1. The Hall–Kier alpha value is -2.28. The van der Waals surface area contributed by atoms with Crippen molar-refractivity contribution in [3.8, 4) is 0 Å². The number of carboxylic acid groups (broad SMARTS) is 1. The third kappa shape index (κ3) is 4.03. The number of β-lactam (4-membered cyclic amide) rings is 1. The molecule has 3 rings (SSSR count). The zero-order chi connectivity index (χ0) is 19.6. The number of benzene rings is 1. The molecule has 7 heteroatoms. The van der Waals surface area contributed by atoms with E-state index in [0.29, 0.717) is 25.1 Å². The van der Waals surface area contributed by atoms with Gasteiger partial charge in [-0.1, -0.05) is 44.2 Å². The lowest BCUT2D eigenvalue weighted by Gasteiger charge is -2.45. The lowest BCUT2D eigenvalue weighted by Crippen LogP contribution is -2.60. The average Bonchev–Trinajstić information content (AvgIpc) is 2.93. The Morgan fingerprint density at radius 2 is 2.00 bits per heavy atom. The number of aliphatic carboxylic acids is 1. The molecule has 2 aliphatic rings. The second-order valence-electron chi connectivity index (χ2n) is 7.19. The SMILES string of the molecule is CC(C)C1C(=O)N2C(C(=O)O)=C(SCCNC(=O)Cc3ccccc3)CC12. The predicted octanol–water partition coefficient (Wildman–Crippen LogP) is 2.26. The molecule has 0 radical (unpaired) electrons. The highest BCUT2D eigenvalue weighted by Gasteiger charge is 2.55. The third-order valence-corrected chi connectivity index (χ3v) is 6.11. The van der Waals surface area contributed by atoms with Crippen LogP contribution in [0.3, 0.4) is 0 Å². The van der Waals surface area contributed by atoms with Gasteiger partial charge >= 0.3 is 5.97 Å². The first kappa shape index (κ1) is 19.5. The maximum absolute atomic E-state index is 12.3. The number of carbonyl (C=O) groups excluding carboxylic acids is 2. The minimum atomic E-state index is -1.05. The number of thioether (sulfide) groups is 1. The van der Waals surface area contributed by atoms with Crippen LogP contribution in [0.2, 0.25) is 0 Å². The summed E-state index contributed by atoms with van der Waals surface area (Å²) >= 11 is 1.42. The van der Waals surface area contributed by atoms with E-state index in [0.717, 1.165) is 10.5 Å². The molecule has 2 amide bonds. The van der Waals surface area contributed by atoms with Crippen LogP contribution in [-0.4, -0.2) is 46.1 Å². The molecule has 0 aliphatic carbocycles. The van der Waals surface area contributed by atoms with Gasteiger partial charge in [-0.05, 0) is 11.5 Å². The largest absolute Gasteiger partial charge is 0.477 e. The zero-order valence-corrected chi connectivity index (χ0v) is 16.3. The van der Waals surface area contributed by atoms with E-state index in [1.807, 2.05) is 44.2 Å². The van der Waals surface area contributed by atoms with Gasteiger partial charge in [0.2, 0.25) is 11.8 Å². The summed E-state index contributed by atoms with van der Waals surface area (Å²) in [5.74, 6) is -0.505. The van der Waals surface area contributed by atoms with Crippen LogP contribution in [0, 0.1) is 11.8 Å². The molecule has 1 aromatic carbocycles. The van der Waals surface area contributed by atoms with Gasteiger partial charge in [0, 0.05) is 23.6 Å². The van der Waals surface area contributed by atoms with Crippen LogP contribution in [0.4, 0.5) is 0 Å². The van der Waals surface area contributed by atoms with Crippen molar-refractivity contribution in [2.75, 3.05) is 12.3 Å². The number of nitrogens with one attached hydrogen (secondary N) is 1. The molecule has 2 atom stereocenters. The fourth-order valence-electron chi connectivity index (χ4n) is 3.77. The Morgan fingerprint density at radius 1 is 1.30 bits per heavy atom. The van der Waals surface area contributed by atoms with E-state index in [4.69, 9.17) is 0 Å². The minimum absolute atomic E-state index is 0.0289. The summed E-state index contributed by atoms with van der Waals surface area (Å²) < 4.78 is 0. The molecule has 1 aromatic rings. The minimum Gasteiger partial charge on any atom is -0.477 e. The number of carboxylic acids is 1. The number of amides is 2. The molecule has 2 unspecified atom stereocenters. The molecule has 1 saturated heterocycles. The molecule has 144 valence electrons. The summed E-state index contributed by atoms with van der Waals surface area (Å²) in [5, 5.41) is 12.4. The topological polar surface area (TPSA) is 86.7 Å². The third-order valence-electron chi connectivity index (χ3n) is 5.00. The van der Waals surface area contributed by atoms with Gasteiger partial charge in [0.1, 0.15) is 5.70 Å². The van der Waals surface area contributed by atoms with Crippen molar-refractivity contribution >= 4 is 29.5 Å². The van der Waals surface area contributed by atoms with Crippen LogP contribution < -0.4 is 5.32 Å². The highest BCUT2D eigenvalue weighted by molar-refractivity contribution is 8.03. The number of carbonyl (C=O) groups is 3. The smallest absolute Gasteiger partial charge is 0.353 e. The molecule has 1 fully saturated rings. The van der Waals surface area contributed by atoms with Crippen LogP contribution in [0.1, 0.15) is 25.8 Å². The highest BCUT2D eigenvalue weighted by atomic mass is 32.2. The summed E-state index contributed by atoms with van der Waals surface area (Å²) in [6.07, 6.45) is 0.924. The normalized spacial score (nSPS) is 21.3. The summed E-state index contributed by atoms with van der Waals surface area (Å²) in [6, 6.07) is 9.48. The highest BCUT2D eigenvalue weighted by Crippen LogP contribution is 2.48. The first-order valence-electron chi connectivity index (χ1n) is 9.13. The Kier molecular flexibility index (Phi) is 5.89. The lowest BCUT2D eigenvalue weighted by molar-refractivity contribution is -0.157. The summed E-state index contributed by atoms with van der Waals surface area (Å²) in [4.78, 5) is 38.1. The number of rotatable bonds is 8. The number of nitrogens with zero attached hydrogens (tertiary/aromatic N) is 1. The number of hydrogen-bond donors (Lipinski definition) is 2. The van der Waals surface area contributed by atoms with Crippen LogP contribution in [0.5, 0.6) is 0 Å². The van der Waals surface area contributed by atoms with E-state index in [2.05, 4.69) is 5.32 Å². The van der Waals surface area contributed by atoms with E-state index in [9.17, 15) is 19.5 Å². The molecule has 27 heavy (non-hydrogen) atoms. The molecule has 2 N–H and O–H groups in total. The monoisotopic (exact) mass is 388 g/mol. The van der Waals surface area contributed by atoms with Crippen LogP contribution in [0.15, 0.2) is 40.9 Å². The number of hydrogen-bond acceptors (Lipinski definition) is 4. The Bertz CT molecular complexity index is 775. The van der Waals surface area contributed by atoms with Gasteiger partial charge in [0.15, 0.2) is 0 Å². The van der Waals surface area contributed by atoms with E-state index >= 15 is 0 Å². The molecule has 0 aromatic heterocycles. The van der Waals surface area contributed by atoms with Gasteiger partial charge in [-0.15, -0.1) is 11.8 Å². The van der Waals surface area contributed by atoms with Crippen molar-refractivity contribution in [1.82, 2.24) is 10.2 Å². The van der Waals surface area contributed by atoms with Crippen molar-refractivity contribution in [3.63, 3.8) is 0 Å². The fourth-order valence-corrected chi connectivity index (χ4v) is 4.83. The quantitative estimate of drug-likeness (QED) is 0.527. The molecule has 0 spiro atoms. The molecule has 2 aliphatic heterocycles.